The van der Waals surface area contributed by atoms with Gasteiger partial charge in [0.25, 0.3) is 0 Å². The molecule has 2 rings (SSSR count). The van der Waals surface area contributed by atoms with E-state index in [1.54, 1.807) is 12.1 Å². The Bertz CT molecular complexity index is 890. The molecule has 0 bridgehead atoms. The number of halogens is 4. The van der Waals surface area contributed by atoms with E-state index in [-0.39, 0.29) is 16.3 Å². The summed E-state index contributed by atoms with van der Waals surface area (Å²) in [6.45, 7) is 3.36. The lowest BCUT2D eigenvalue weighted by molar-refractivity contribution is -0.137. The summed E-state index contributed by atoms with van der Waals surface area (Å²) in [6, 6.07) is 10.4. The average molecular weight is 407 g/mol. The zero-order chi connectivity index (χ0) is 19.9. The minimum absolute atomic E-state index is 0.0930. The number of rotatable bonds is 3. The molecule has 0 atom stereocenters. The van der Waals surface area contributed by atoms with Crippen LogP contribution in [0.2, 0.25) is 5.02 Å². The van der Waals surface area contributed by atoms with Gasteiger partial charge >= 0.3 is 16.7 Å². The standard InChI is InChI=1S/C16H13ClF3NO.HNO2S/c1-10-3-6-13(7-4-10)22-21-11(2)14-9-12(17)5-8-15(14)16(18,19)20;1-4(2)3/h3-9H,1-2H3;1H/b21-11-;. The highest BCUT2D eigenvalue weighted by molar-refractivity contribution is 7.60. The maximum absolute atomic E-state index is 13.0. The van der Waals surface area contributed by atoms with Crippen LogP contribution in [0.3, 0.4) is 0 Å². The van der Waals surface area contributed by atoms with Crippen LogP contribution in [-0.2, 0) is 16.7 Å². The lowest BCUT2D eigenvalue weighted by Gasteiger charge is -2.12. The molecule has 0 aliphatic rings. The first-order chi connectivity index (χ1) is 12.0. The summed E-state index contributed by atoms with van der Waals surface area (Å²) >= 11 is 5.78. The van der Waals surface area contributed by atoms with E-state index in [1.807, 2.05) is 19.1 Å². The molecule has 2 aromatic rings. The van der Waals surface area contributed by atoms with Gasteiger partial charge < -0.3 is 4.84 Å². The summed E-state index contributed by atoms with van der Waals surface area (Å²) in [6.07, 6.45) is -4.49. The van der Waals surface area contributed by atoms with E-state index in [9.17, 15) is 13.2 Å². The van der Waals surface area contributed by atoms with Gasteiger partial charge in [0.1, 0.15) is 0 Å². The number of benzene rings is 2. The molecular weight excluding hydrogens is 393 g/mol. The Balaban J connectivity index is 0.000000765. The van der Waals surface area contributed by atoms with Crippen molar-refractivity contribution in [3.63, 3.8) is 0 Å². The summed E-state index contributed by atoms with van der Waals surface area (Å²) in [7, 11) is -2.61. The normalized spacial score (nSPS) is 11.4. The number of alkyl halides is 3. The van der Waals surface area contributed by atoms with Crippen LogP contribution in [0.1, 0.15) is 23.6 Å². The van der Waals surface area contributed by atoms with E-state index in [1.165, 1.54) is 19.1 Å². The Kier molecular flexibility index (Phi) is 7.78. The number of hydrogen-bond acceptors (Lipinski definition) is 5. The Morgan fingerprint density at radius 1 is 1.15 bits per heavy atom. The van der Waals surface area contributed by atoms with Crippen LogP contribution < -0.4 is 4.84 Å². The minimum Gasteiger partial charge on any atom is -0.357 e. The van der Waals surface area contributed by atoms with Crippen molar-refractivity contribution < 1.29 is 26.4 Å². The van der Waals surface area contributed by atoms with Crippen molar-refractivity contribution in [3.8, 4) is 5.75 Å². The van der Waals surface area contributed by atoms with Crippen molar-refractivity contribution in [1.82, 2.24) is 0 Å². The number of aryl methyl sites for hydroxylation is 1. The number of nitrogens with zero attached hydrogens (tertiary/aromatic N) is 1. The second kappa shape index (κ2) is 9.35. The molecular formula is C16H14ClF3N2O3S. The summed E-state index contributed by atoms with van der Waals surface area (Å²) < 4.78 is 61.9. The molecule has 26 heavy (non-hydrogen) atoms. The van der Waals surface area contributed by atoms with E-state index in [4.69, 9.17) is 29.6 Å². The topological polar surface area (TPSA) is 79.6 Å². The van der Waals surface area contributed by atoms with Gasteiger partial charge in [0, 0.05) is 10.6 Å². The molecule has 2 aromatic carbocycles. The zero-order valence-electron chi connectivity index (χ0n) is 13.6. The van der Waals surface area contributed by atoms with Gasteiger partial charge in [0.15, 0.2) is 5.75 Å². The van der Waals surface area contributed by atoms with Crippen LogP contribution in [0.4, 0.5) is 13.2 Å². The van der Waals surface area contributed by atoms with Crippen molar-refractivity contribution in [1.29, 1.82) is 4.78 Å². The molecule has 0 heterocycles. The third-order valence-corrected chi connectivity index (χ3v) is 3.22. The first kappa shape index (κ1) is 21.7. The molecule has 0 radical (unpaired) electrons. The molecule has 10 heteroatoms. The lowest BCUT2D eigenvalue weighted by atomic mass is 10.0. The highest BCUT2D eigenvalue weighted by Crippen LogP contribution is 2.33. The summed E-state index contributed by atoms with van der Waals surface area (Å²) in [4.78, 5) is 5.16. The quantitative estimate of drug-likeness (QED) is 0.569. The lowest BCUT2D eigenvalue weighted by Crippen LogP contribution is -2.12. The second-order valence-corrected chi connectivity index (χ2v) is 5.91. The van der Waals surface area contributed by atoms with Gasteiger partial charge in [-0.25, -0.2) is 0 Å². The second-order valence-electron chi connectivity index (χ2n) is 5.00. The Labute approximate surface area is 154 Å². The van der Waals surface area contributed by atoms with E-state index in [0.717, 1.165) is 11.6 Å². The highest BCUT2D eigenvalue weighted by atomic mass is 35.5. The maximum Gasteiger partial charge on any atom is 0.417 e. The van der Waals surface area contributed by atoms with Gasteiger partial charge in [-0.15, -0.1) is 0 Å². The van der Waals surface area contributed by atoms with Gasteiger partial charge in [0.05, 0.1) is 11.3 Å². The van der Waals surface area contributed by atoms with Crippen molar-refractivity contribution in [2.45, 2.75) is 20.0 Å². The molecule has 0 fully saturated rings. The highest BCUT2D eigenvalue weighted by Gasteiger charge is 2.34. The predicted octanol–water partition coefficient (Wildman–Crippen LogP) is 5.10. The van der Waals surface area contributed by atoms with Gasteiger partial charge in [-0.2, -0.15) is 26.4 Å². The third kappa shape index (κ3) is 7.24. The Morgan fingerprint density at radius 2 is 1.69 bits per heavy atom. The van der Waals surface area contributed by atoms with E-state index < -0.39 is 22.2 Å². The summed E-state index contributed by atoms with van der Waals surface area (Å²) in [5.41, 5.74) is 0.232. The van der Waals surface area contributed by atoms with Gasteiger partial charge in [-0.1, -0.05) is 34.5 Å². The molecule has 140 valence electrons. The number of nitrogens with one attached hydrogen (secondary N) is 1. The molecule has 0 saturated heterocycles. The van der Waals surface area contributed by atoms with Crippen molar-refractivity contribution >= 4 is 27.8 Å². The van der Waals surface area contributed by atoms with Crippen LogP contribution >= 0.6 is 11.6 Å². The fourth-order valence-corrected chi connectivity index (χ4v) is 2.00. The maximum atomic E-state index is 13.0. The summed E-state index contributed by atoms with van der Waals surface area (Å²) in [5.74, 6) is 0.445. The Hall–Kier alpha value is -2.39. The van der Waals surface area contributed by atoms with Gasteiger partial charge in [-0.3, -0.25) is 0 Å². The first-order valence-electron chi connectivity index (χ1n) is 6.96. The fraction of sp³-hybridized carbons (Fsp3) is 0.188. The zero-order valence-corrected chi connectivity index (χ0v) is 15.2. The van der Waals surface area contributed by atoms with Crippen LogP contribution in [0.15, 0.2) is 47.6 Å². The van der Waals surface area contributed by atoms with Crippen molar-refractivity contribution in [3.05, 3.63) is 64.2 Å². The average Bonchev–Trinajstić information content (AvgIpc) is 2.52. The molecule has 0 unspecified atom stereocenters. The minimum atomic E-state index is -4.49. The van der Waals surface area contributed by atoms with Crippen LogP contribution in [0.5, 0.6) is 5.75 Å². The monoisotopic (exact) mass is 406 g/mol. The molecule has 0 amide bonds. The number of hydrogen-bond donors (Lipinski definition) is 1. The van der Waals surface area contributed by atoms with Crippen molar-refractivity contribution in [2.75, 3.05) is 0 Å². The van der Waals surface area contributed by atoms with Gasteiger partial charge in [0.2, 0.25) is 0 Å². The number of oxime groups is 1. The van der Waals surface area contributed by atoms with Gasteiger partial charge in [-0.05, 0) is 44.2 Å². The molecule has 1 N–H and O–H groups in total. The molecule has 0 aliphatic carbocycles. The van der Waals surface area contributed by atoms with E-state index >= 15 is 0 Å². The molecule has 0 spiro atoms. The SMILES string of the molecule is C/C(=N/Oc1ccc(C)cc1)c1cc(Cl)ccc1C(F)(F)F.N=S(=O)=O. The molecule has 0 saturated carbocycles. The summed E-state index contributed by atoms with van der Waals surface area (Å²) in [5, 5.41) is 3.97. The van der Waals surface area contributed by atoms with E-state index in [2.05, 4.69) is 5.16 Å². The predicted molar refractivity (Wildman–Crippen MR) is 92.1 cm³/mol. The first-order valence-corrected chi connectivity index (χ1v) is 8.42. The molecule has 0 aliphatic heterocycles. The largest absolute Gasteiger partial charge is 0.417 e. The Morgan fingerprint density at radius 3 is 2.19 bits per heavy atom. The smallest absolute Gasteiger partial charge is 0.357 e. The van der Waals surface area contributed by atoms with Crippen LogP contribution in [-0.4, -0.2) is 14.1 Å². The van der Waals surface area contributed by atoms with E-state index in [0.29, 0.717) is 5.75 Å². The molecule has 0 aromatic heterocycles. The fourth-order valence-electron chi connectivity index (χ4n) is 1.83. The molecule has 5 nitrogen and oxygen atoms in total. The van der Waals surface area contributed by atoms with Crippen LogP contribution in [0, 0.1) is 11.7 Å². The third-order valence-electron chi connectivity index (χ3n) is 2.99. The van der Waals surface area contributed by atoms with Crippen molar-refractivity contribution in [2.24, 2.45) is 5.16 Å². The van der Waals surface area contributed by atoms with Crippen LogP contribution in [0.25, 0.3) is 0 Å².